The number of carbonyl (C=O) groups excluding carboxylic acids is 1. The van der Waals surface area contributed by atoms with E-state index in [-0.39, 0.29) is 24.6 Å². The summed E-state index contributed by atoms with van der Waals surface area (Å²) in [6, 6.07) is 3.34. The number of ether oxygens (including phenoxy) is 1. The molecule has 29 heavy (non-hydrogen) atoms. The van der Waals surface area contributed by atoms with Crippen molar-refractivity contribution in [1.82, 2.24) is 29.2 Å². The molecule has 0 spiro atoms. The third-order valence-corrected chi connectivity index (χ3v) is 5.52. The fourth-order valence-corrected chi connectivity index (χ4v) is 4.12. The zero-order valence-corrected chi connectivity index (χ0v) is 17.4. The molecule has 0 aliphatic rings. The Morgan fingerprint density at radius 1 is 1.07 bits per heavy atom. The van der Waals surface area contributed by atoms with Crippen LogP contribution in [0.2, 0.25) is 0 Å². The number of carbonyl (C=O) groups is 1. The van der Waals surface area contributed by atoms with E-state index in [1.165, 1.54) is 21.9 Å². The number of aromatic nitrogens is 6. The maximum Gasteiger partial charge on any atom is 0.306 e. The Bertz CT molecular complexity index is 1300. The van der Waals surface area contributed by atoms with E-state index in [0.717, 1.165) is 28.3 Å². The second-order valence-electron chi connectivity index (χ2n) is 6.90. The van der Waals surface area contributed by atoms with Crippen molar-refractivity contribution in [3.8, 4) is 0 Å². The Labute approximate surface area is 170 Å². The fraction of sp³-hybridized carbons (Fsp3) is 0.368. The van der Waals surface area contributed by atoms with E-state index in [2.05, 4.69) is 20.2 Å². The molecule has 0 unspecified atom stereocenters. The second-order valence-corrected chi connectivity index (χ2v) is 7.94. The van der Waals surface area contributed by atoms with Crippen molar-refractivity contribution in [2.24, 2.45) is 0 Å². The van der Waals surface area contributed by atoms with Gasteiger partial charge in [0.2, 0.25) is 4.96 Å². The lowest BCUT2D eigenvalue weighted by atomic mass is 10.1. The van der Waals surface area contributed by atoms with Crippen LogP contribution >= 0.6 is 11.3 Å². The van der Waals surface area contributed by atoms with Crippen molar-refractivity contribution in [2.45, 2.75) is 47.1 Å². The van der Waals surface area contributed by atoms with E-state index in [1.54, 1.807) is 11.4 Å². The van der Waals surface area contributed by atoms with Gasteiger partial charge in [0.1, 0.15) is 6.61 Å². The molecular weight excluding hydrogens is 392 g/mol. The maximum atomic E-state index is 12.2. The summed E-state index contributed by atoms with van der Waals surface area (Å²) in [5.41, 5.74) is 4.93. The van der Waals surface area contributed by atoms with Crippen LogP contribution in [0.1, 0.15) is 39.8 Å². The number of hydrogen-bond acceptors (Lipinski definition) is 8. The van der Waals surface area contributed by atoms with Crippen LogP contribution in [-0.4, -0.2) is 35.2 Å². The van der Waals surface area contributed by atoms with Crippen LogP contribution in [0.15, 0.2) is 16.9 Å². The summed E-state index contributed by atoms with van der Waals surface area (Å²) >= 11 is 1.23. The Balaban J connectivity index is 1.42. The lowest BCUT2D eigenvalue weighted by Crippen LogP contribution is -2.14. The van der Waals surface area contributed by atoms with Gasteiger partial charge in [-0.25, -0.2) is 14.5 Å². The van der Waals surface area contributed by atoms with E-state index in [1.807, 2.05) is 26.8 Å². The van der Waals surface area contributed by atoms with Crippen molar-refractivity contribution in [2.75, 3.05) is 0 Å². The van der Waals surface area contributed by atoms with E-state index in [9.17, 15) is 9.59 Å². The molecule has 0 N–H and O–H groups in total. The molecule has 4 aromatic rings. The van der Waals surface area contributed by atoms with Gasteiger partial charge < -0.3 is 4.74 Å². The quantitative estimate of drug-likeness (QED) is 0.462. The number of hydrogen-bond donors (Lipinski definition) is 0. The minimum atomic E-state index is -0.337. The van der Waals surface area contributed by atoms with E-state index < -0.39 is 0 Å². The molecule has 0 saturated heterocycles. The molecule has 0 aliphatic heterocycles. The minimum absolute atomic E-state index is 0.0128. The molecular formula is C19H20N6O3S. The topological polar surface area (TPSA) is 104 Å². The van der Waals surface area contributed by atoms with Crippen molar-refractivity contribution in [3.63, 3.8) is 0 Å². The molecule has 4 aromatic heterocycles. The third-order valence-electron chi connectivity index (χ3n) is 4.64. The molecule has 4 heterocycles. The van der Waals surface area contributed by atoms with Gasteiger partial charge >= 0.3 is 5.97 Å². The summed E-state index contributed by atoms with van der Waals surface area (Å²) in [5.74, 6) is -0.337. The number of fused-ring (bicyclic) bond motifs is 2. The predicted octanol–water partition coefficient (Wildman–Crippen LogP) is 2.10. The molecule has 0 amide bonds. The highest BCUT2D eigenvalue weighted by Crippen LogP contribution is 2.18. The Morgan fingerprint density at radius 3 is 2.66 bits per heavy atom. The molecule has 0 aliphatic carbocycles. The highest BCUT2D eigenvalue weighted by Gasteiger charge is 2.14. The molecule has 0 saturated carbocycles. The van der Waals surface area contributed by atoms with Crippen molar-refractivity contribution >= 4 is 27.9 Å². The van der Waals surface area contributed by atoms with Gasteiger partial charge in [-0.1, -0.05) is 11.3 Å². The molecule has 9 nitrogen and oxygen atoms in total. The monoisotopic (exact) mass is 412 g/mol. The number of esters is 1. The average molecular weight is 412 g/mol. The smallest absolute Gasteiger partial charge is 0.306 e. The van der Waals surface area contributed by atoms with E-state index in [4.69, 9.17) is 4.74 Å². The summed E-state index contributed by atoms with van der Waals surface area (Å²) in [6.07, 6.45) is 0.732. The Morgan fingerprint density at radius 2 is 1.86 bits per heavy atom. The zero-order valence-electron chi connectivity index (χ0n) is 16.6. The summed E-state index contributed by atoms with van der Waals surface area (Å²) < 4.78 is 8.37. The van der Waals surface area contributed by atoms with Crippen LogP contribution in [0, 0.1) is 27.7 Å². The van der Waals surface area contributed by atoms with Gasteiger partial charge in [-0.3, -0.25) is 9.59 Å². The Hall–Kier alpha value is -3.14. The van der Waals surface area contributed by atoms with Gasteiger partial charge in [0, 0.05) is 35.6 Å². The van der Waals surface area contributed by atoms with Crippen molar-refractivity contribution in [1.29, 1.82) is 0 Å². The van der Waals surface area contributed by atoms with Crippen LogP contribution in [0.5, 0.6) is 0 Å². The first-order chi connectivity index (χ1) is 13.8. The molecule has 10 heteroatoms. The van der Waals surface area contributed by atoms with Crippen LogP contribution in [-0.2, 0) is 22.6 Å². The van der Waals surface area contributed by atoms with Gasteiger partial charge in [-0.05, 0) is 39.7 Å². The normalized spacial score (nSPS) is 11.4. The SMILES string of the molecule is Cc1cc(=O)n2nc(COC(=O)CCc3c(C)nc4cc(C)nn4c3C)sc2n1. The number of nitrogens with zero attached hydrogens (tertiary/aromatic N) is 6. The molecule has 0 aromatic carbocycles. The van der Waals surface area contributed by atoms with Crippen LogP contribution in [0.4, 0.5) is 0 Å². The molecule has 0 radical (unpaired) electrons. The van der Waals surface area contributed by atoms with E-state index in [0.29, 0.717) is 22.1 Å². The maximum absolute atomic E-state index is 12.2. The summed E-state index contributed by atoms with van der Waals surface area (Å²) in [6.45, 7) is 7.60. The average Bonchev–Trinajstić information content (AvgIpc) is 3.22. The lowest BCUT2D eigenvalue weighted by molar-refractivity contribution is -0.144. The first-order valence-corrected chi connectivity index (χ1v) is 9.98. The van der Waals surface area contributed by atoms with Crippen molar-refractivity contribution < 1.29 is 9.53 Å². The fourth-order valence-electron chi connectivity index (χ4n) is 3.26. The first-order valence-electron chi connectivity index (χ1n) is 9.16. The van der Waals surface area contributed by atoms with Crippen LogP contribution in [0.25, 0.3) is 10.6 Å². The van der Waals surface area contributed by atoms with Gasteiger partial charge in [-0.15, -0.1) is 0 Å². The summed E-state index contributed by atoms with van der Waals surface area (Å²) in [7, 11) is 0. The molecule has 0 fully saturated rings. The largest absolute Gasteiger partial charge is 0.458 e. The number of aryl methyl sites for hydroxylation is 4. The second kappa shape index (κ2) is 7.36. The lowest BCUT2D eigenvalue weighted by Gasteiger charge is -2.10. The molecule has 0 bridgehead atoms. The zero-order chi connectivity index (χ0) is 20.7. The molecule has 150 valence electrons. The van der Waals surface area contributed by atoms with Crippen molar-refractivity contribution in [3.05, 3.63) is 55.8 Å². The minimum Gasteiger partial charge on any atom is -0.458 e. The highest BCUT2D eigenvalue weighted by atomic mass is 32.1. The van der Waals surface area contributed by atoms with Gasteiger partial charge in [0.15, 0.2) is 10.7 Å². The molecule has 4 rings (SSSR count). The Kier molecular flexibility index (Phi) is 4.87. The predicted molar refractivity (Wildman–Crippen MR) is 107 cm³/mol. The standard InChI is InChI=1S/C19H20N6O3S/c1-10-8-17(26)25-19(20-10)29-16(23-25)9-28-18(27)6-5-14-12(3)21-15-7-11(2)22-24(15)13(14)4/h7-8H,5-6,9H2,1-4H3. The van der Waals surface area contributed by atoms with E-state index >= 15 is 0 Å². The number of rotatable bonds is 5. The summed E-state index contributed by atoms with van der Waals surface area (Å²) in [5, 5.41) is 9.14. The van der Waals surface area contributed by atoms with Gasteiger partial charge in [0.25, 0.3) is 5.56 Å². The van der Waals surface area contributed by atoms with Gasteiger partial charge in [-0.2, -0.15) is 14.7 Å². The molecule has 0 atom stereocenters. The summed E-state index contributed by atoms with van der Waals surface area (Å²) in [4.78, 5) is 33.5. The first kappa shape index (κ1) is 19.2. The van der Waals surface area contributed by atoms with Gasteiger partial charge in [0.05, 0.1) is 5.69 Å². The highest BCUT2D eigenvalue weighted by molar-refractivity contribution is 7.16. The third kappa shape index (κ3) is 3.75. The van der Waals surface area contributed by atoms with Crippen LogP contribution < -0.4 is 5.56 Å². The van der Waals surface area contributed by atoms with Crippen LogP contribution in [0.3, 0.4) is 0 Å².